The summed E-state index contributed by atoms with van der Waals surface area (Å²) in [5.74, 6) is 3.62. The van der Waals surface area contributed by atoms with Crippen molar-refractivity contribution in [3.63, 3.8) is 0 Å². The highest BCUT2D eigenvalue weighted by atomic mass is 16.7. The van der Waals surface area contributed by atoms with Crippen LogP contribution in [0.2, 0.25) is 0 Å². The third-order valence-corrected chi connectivity index (χ3v) is 9.48. The minimum Gasteiger partial charge on any atom is -0.319 e. The van der Waals surface area contributed by atoms with Crippen LogP contribution in [0, 0.1) is 40.4 Å². The third-order valence-electron chi connectivity index (χ3n) is 9.48. The maximum atomic E-state index is 11.2. The molecule has 28 heavy (non-hydrogen) atoms. The van der Waals surface area contributed by atoms with Crippen molar-refractivity contribution in [3.8, 4) is 0 Å². The molecule has 0 spiro atoms. The molecule has 0 radical (unpaired) electrons. The van der Waals surface area contributed by atoms with E-state index in [-0.39, 0.29) is 5.97 Å². The molecule has 3 nitrogen and oxygen atoms in total. The molecule has 3 aliphatic rings. The second-order valence-electron chi connectivity index (χ2n) is 10.8. The monoisotopic (exact) mass is 389 g/mol. The minimum absolute atomic E-state index is 0.313. The summed E-state index contributed by atoms with van der Waals surface area (Å²) < 4.78 is 0. The molecule has 0 N–H and O–H groups in total. The van der Waals surface area contributed by atoms with E-state index in [1.165, 1.54) is 71.1 Å². The fourth-order valence-corrected chi connectivity index (χ4v) is 7.72. The van der Waals surface area contributed by atoms with Gasteiger partial charge in [-0.2, -0.15) is 0 Å². The molecule has 3 rings (SSSR count). The topological polar surface area (TPSA) is 38.7 Å². The summed E-state index contributed by atoms with van der Waals surface area (Å²) in [5, 5.41) is 4.20. The van der Waals surface area contributed by atoms with Gasteiger partial charge in [-0.15, -0.1) is 0 Å². The number of carbonyl (C=O) groups is 1. The Morgan fingerprint density at radius 2 is 1.79 bits per heavy atom. The lowest BCUT2D eigenvalue weighted by Gasteiger charge is -2.59. The first-order chi connectivity index (χ1) is 13.2. The molecule has 0 heterocycles. The van der Waals surface area contributed by atoms with Crippen LogP contribution in [0.1, 0.15) is 106 Å². The molecule has 3 heteroatoms. The predicted octanol–water partition coefficient (Wildman–Crippen LogP) is 7.00. The van der Waals surface area contributed by atoms with Gasteiger partial charge < -0.3 is 4.84 Å². The van der Waals surface area contributed by atoms with E-state index < -0.39 is 0 Å². The zero-order valence-corrected chi connectivity index (χ0v) is 19.2. The van der Waals surface area contributed by atoms with E-state index in [0.717, 1.165) is 29.4 Å². The zero-order valence-electron chi connectivity index (χ0n) is 19.2. The summed E-state index contributed by atoms with van der Waals surface area (Å²) in [4.78, 5) is 16.2. The Labute approximate surface area is 173 Å². The van der Waals surface area contributed by atoms with E-state index in [2.05, 4.69) is 39.8 Å². The molecule has 160 valence electrons. The van der Waals surface area contributed by atoms with Crippen LogP contribution in [0.5, 0.6) is 0 Å². The molecule has 3 saturated carbocycles. The lowest BCUT2D eigenvalue weighted by Crippen LogP contribution is -2.51. The van der Waals surface area contributed by atoms with E-state index in [9.17, 15) is 4.79 Å². The van der Waals surface area contributed by atoms with E-state index in [0.29, 0.717) is 16.7 Å². The molecule has 3 aliphatic carbocycles. The highest BCUT2D eigenvalue weighted by Gasteiger charge is 2.59. The zero-order chi connectivity index (χ0) is 20.5. The van der Waals surface area contributed by atoms with Crippen LogP contribution < -0.4 is 0 Å². The Kier molecular flexibility index (Phi) is 6.61. The molecule has 7 atom stereocenters. The summed E-state index contributed by atoms with van der Waals surface area (Å²) in [7, 11) is 0. The van der Waals surface area contributed by atoms with Gasteiger partial charge in [-0.05, 0) is 86.4 Å². The van der Waals surface area contributed by atoms with E-state index in [4.69, 9.17) is 4.84 Å². The van der Waals surface area contributed by atoms with Crippen molar-refractivity contribution < 1.29 is 9.63 Å². The maximum Gasteiger partial charge on any atom is 0.331 e. The molecular weight excluding hydrogens is 346 g/mol. The second-order valence-corrected chi connectivity index (χ2v) is 10.8. The van der Waals surface area contributed by atoms with Crippen LogP contribution in [0.15, 0.2) is 5.16 Å². The molecule has 0 aromatic heterocycles. The van der Waals surface area contributed by atoms with E-state index in [1.54, 1.807) is 0 Å². The first-order valence-electron chi connectivity index (χ1n) is 12.0. The number of carbonyl (C=O) groups excluding carboxylic acids is 1. The van der Waals surface area contributed by atoms with Gasteiger partial charge in [0.1, 0.15) is 0 Å². The van der Waals surface area contributed by atoms with Crippen LogP contribution >= 0.6 is 0 Å². The molecular formula is C25H43NO2. The van der Waals surface area contributed by atoms with E-state index in [1.807, 2.05) is 0 Å². The largest absolute Gasteiger partial charge is 0.331 e. The standard InChI is InChI=1S/C25H43NO2/c1-7-8-9-15-24(5)17(2)10-11-20-22-13-12-21(18(3)26-28-19(4)27)25(22,6)16-14-23(20)24/h17,20-23H,7-16H2,1-6H3/b26-18+. The molecule has 0 aromatic rings. The lowest BCUT2D eigenvalue weighted by atomic mass is 9.46. The van der Waals surface area contributed by atoms with Gasteiger partial charge in [0.15, 0.2) is 0 Å². The number of unbranched alkanes of at least 4 members (excludes halogenated alkanes) is 2. The maximum absolute atomic E-state index is 11.2. The summed E-state index contributed by atoms with van der Waals surface area (Å²) in [5.41, 5.74) is 1.89. The van der Waals surface area contributed by atoms with Crippen molar-refractivity contribution in [2.45, 2.75) is 106 Å². The van der Waals surface area contributed by atoms with E-state index >= 15 is 0 Å². The van der Waals surface area contributed by atoms with Crippen molar-refractivity contribution in [3.05, 3.63) is 0 Å². The van der Waals surface area contributed by atoms with Crippen LogP contribution in [0.3, 0.4) is 0 Å². The van der Waals surface area contributed by atoms with Crippen molar-refractivity contribution in [2.24, 2.45) is 45.6 Å². The van der Waals surface area contributed by atoms with Gasteiger partial charge in [-0.3, -0.25) is 0 Å². The van der Waals surface area contributed by atoms with Gasteiger partial charge >= 0.3 is 5.97 Å². The van der Waals surface area contributed by atoms with Crippen molar-refractivity contribution in [2.75, 3.05) is 0 Å². The third kappa shape index (κ3) is 3.79. The first kappa shape index (κ1) is 21.8. The Morgan fingerprint density at radius 1 is 1.04 bits per heavy atom. The number of hydrogen-bond acceptors (Lipinski definition) is 3. The highest BCUT2D eigenvalue weighted by molar-refractivity contribution is 5.85. The summed E-state index contributed by atoms with van der Waals surface area (Å²) in [6.45, 7) is 13.5. The molecule has 0 amide bonds. The Hall–Kier alpha value is -0.860. The molecule has 0 bridgehead atoms. The first-order valence-corrected chi connectivity index (χ1v) is 12.0. The Balaban J connectivity index is 1.79. The second kappa shape index (κ2) is 8.48. The smallest absolute Gasteiger partial charge is 0.319 e. The average molecular weight is 390 g/mol. The van der Waals surface area contributed by atoms with Crippen LogP contribution in [0.25, 0.3) is 0 Å². The number of fused-ring (bicyclic) bond motifs is 3. The van der Waals surface area contributed by atoms with Gasteiger partial charge in [0.25, 0.3) is 0 Å². The molecule has 7 unspecified atom stereocenters. The SMILES string of the molecule is CCCCCC1(C)C(C)CCC2C1CCC1(C)C(/C(C)=N/OC(C)=O)CCC21. The van der Waals surface area contributed by atoms with Crippen LogP contribution in [-0.2, 0) is 9.63 Å². The fourth-order valence-electron chi connectivity index (χ4n) is 7.72. The van der Waals surface area contributed by atoms with Gasteiger partial charge in [0.05, 0.1) is 5.71 Å². The highest BCUT2D eigenvalue weighted by Crippen LogP contribution is 2.66. The predicted molar refractivity (Wildman–Crippen MR) is 116 cm³/mol. The molecule has 0 aliphatic heterocycles. The van der Waals surface area contributed by atoms with Gasteiger partial charge in [0, 0.05) is 12.8 Å². The number of nitrogens with zero attached hydrogens (tertiary/aromatic N) is 1. The van der Waals surface area contributed by atoms with Crippen molar-refractivity contribution >= 4 is 11.7 Å². The average Bonchev–Trinajstić information content (AvgIpc) is 3.00. The summed E-state index contributed by atoms with van der Waals surface area (Å²) >= 11 is 0. The Morgan fingerprint density at radius 3 is 2.46 bits per heavy atom. The molecule has 3 fully saturated rings. The number of oxime groups is 1. The van der Waals surface area contributed by atoms with Crippen LogP contribution in [-0.4, -0.2) is 11.7 Å². The number of hydrogen-bond donors (Lipinski definition) is 0. The van der Waals surface area contributed by atoms with Gasteiger partial charge in [-0.1, -0.05) is 52.1 Å². The normalized spacial score (nSPS) is 43.4. The quantitative estimate of drug-likeness (QED) is 0.212. The fraction of sp³-hybridized carbons (Fsp3) is 0.920. The van der Waals surface area contributed by atoms with Gasteiger partial charge in [0.2, 0.25) is 0 Å². The van der Waals surface area contributed by atoms with Gasteiger partial charge in [-0.25, -0.2) is 4.79 Å². The number of rotatable bonds is 6. The summed E-state index contributed by atoms with van der Waals surface area (Å²) in [6.07, 6.45) is 13.6. The van der Waals surface area contributed by atoms with Crippen molar-refractivity contribution in [1.82, 2.24) is 0 Å². The molecule has 0 aromatic carbocycles. The van der Waals surface area contributed by atoms with Crippen molar-refractivity contribution in [1.29, 1.82) is 0 Å². The molecule has 0 saturated heterocycles. The Bertz CT molecular complexity index is 599. The minimum atomic E-state index is -0.313. The summed E-state index contributed by atoms with van der Waals surface area (Å²) in [6, 6.07) is 0. The van der Waals surface area contributed by atoms with Crippen LogP contribution in [0.4, 0.5) is 0 Å². The lowest BCUT2D eigenvalue weighted by molar-refractivity contribution is -0.141.